The predicted octanol–water partition coefficient (Wildman–Crippen LogP) is 12.9. The molecule has 260 valence electrons. The van der Waals surface area contributed by atoms with Gasteiger partial charge in [-0.15, -0.1) is 0 Å². The summed E-state index contributed by atoms with van der Waals surface area (Å²) in [5.74, 6) is 2.91. The van der Waals surface area contributed by atoms with Crippen LogP contribution in [0.15, 0.2) is 0 Å². The molecule has 4 unspecified atom stereocenters. The van der Waals surface area contributed by atoms with Crippen LogP contribution < -0.4 is 0 Å². The molecule has 0 spiro atoms. The summed E-state index contributed by atoms with van der Waals surface area (Å²) >= 11 is 8.30. The molecule has 0 aliphatic carbocycles. The zero-order valence-corrected chi connectivity index (χ0v) is 32.1. The van der Waals surface area contributed by atoms with Gasteiger partial charge < -0.3 is 8.37 Å². The number of thiocarbonyl (C=S) groups is 1. The molecule has 0 heterocycles. The average Bonchev–Trinajstić information content (AvgIpc) is 3.01. The van der Waals surface area contributed by atoms with Crippen molar-refractivity contribution in [2.45, 2.75) is 183 Å². The summed E-state index contributed by atoms with van der Waals surface area (Å²) in [4.78, 5) is 26.0. The van der Waals surface area contributed by atoms with Crippen LogP contribution in [0.5, 0.6) is 0 Å². The van der Waals surface area contributed by atoms with Crippen molar-refractivity contribution in [3.8, 4) is 0 Å². The first-order valence-electron chi connectivity index (χ1n) is 18.5. The summed E-state index contributed by atoms with van der Waals surface area (Å²) in [6.45, 7) is 13.0. The van der Waals surface area contributed by atoms with Gasteiger partial charge in [0.1, 0.15) is 0 Å². The molecule has 0 saturated heterocycles. The molecular weight excluding hydrogens is 605 g/mol. The van der Waals surface area contributed by atoms with E-state index in [0.717, 1.165) is 79.6 Å². The Morgan fingerprint density at radius 3 is 1.25 bits per heavy atom. The third-order valence-corrected chi connectivity index (χ3v) is 10.6. The molecule has 44 heavy (non-hydrogen) atoms. The van der Waals surface area contributed by atoms with Gasteiger partial charge in [-0.2, -0.15) is 0 Å². The van der Waals surface area contributed by atoms with Gasteiger partial charge in [-0.05, 0) is 68.1 Å². The van der Waals surface area contributed by atoms with Crippen molar-refractivity contribution in [3.05, 3.63) is 0 Å². The number of carbonyl (C=O) groups excluding carboxylic acids is 2. The van der Waals surface area contributed by atoms with E-state index in [-0.39, 0.29) is 23.8 Å². The lowest BCUT2D eigenvalue weighted by molar-refractivity contribution is -0.138. The van der Waals surface area contributed by atoms with Gasteiger partial charge in [0.25, 0.3) is 0 Å². The number of unbranched alkanes of at least 4 members (excludes halogenated alkanes) is 6. The standard InChI is InChI=1S/C37H70O4S3/c1-7-11-15-23-33(21-13-9-3)27-29-43-40-36(38)31(5)19-17-25-35(42)26-18-20-32(6)37(39)41-44-30-28-34(22-14-10-4)24-16-12-8-2/h31-34H,7-30H2,1-6H3. The van der Waals surface area contributed by atoms with E-state index in [2.05, 4.69) is 27.7 Å². The molecule has 0 aliphatic heterocycles. The van der Waals surface area contributed by atoms with Crippen molar-refractivity contribution in [2.75, 3.05) is 11.5 Å². The van der Waals surface area contributed by atoms with E-state index < -0.39 is 0 Å². The van der Waals surface area contributed by atoms with E-state index in [0.29, 0.717) is 0 Å². The Labute approximate surface area is 287 Å². The Bertz CT molecular complexity index is 646. The molecule has 7 heteroatoms. The highest BCUT2D eigenvalue weighted by Gasteiger charge is 2.18. The van der Waals surface area contributed by atoms with E-state index >= 15 is 0 Å². The second-order valence-corrected chi connectivity index (χ2v) is 15.4. The van der Waals surface area contributed by atoms with Crippen LogP contribution in [0.1, 0.15) is 183 Å². The fraction of sp³-hybridized carbons (Fsp3) is 0.919. The van der Waals surface area contributed by atoms with Crippen LogP contribution in [0.2, 0.25) is 0 Å². The average molecular weight is 675 g/mol. The molecular formula is C37H70O4S3. The van der Waals surface area contributed by atoms with Crippen molar-refractivity contribution >= 4 is 53.1 Å². The van der Waals surface area contributed by atoms with Crippen LogP contribution in [0, 0.1) is 23.7 Å². The quantitative estimate of drug-likeness (QED) is 0.0400. The molecule has 0 amide bonds. The fourth-order valence-corrected chi connectivity index (χ4v) is 7.46. The van der Waals surface area contributed by atoms with Gasteiger partial charge in [0.15, 0.2) is 0 Å². The summed E-state index contributed by atoms with van der Waals surface area (Å²) in [5, 5.41) is 0. The molecule has 0 N–H and O–H groups in total. The second-order valence-electron chi connectivity index (χ2n) is 13.2. The summed E-state index contributed by atoms with van der Waals surface area (Å²) in [5.41, 5.74) is 0. The lowest BCUT2D eigenvalue weighted by Crippen LogP contribution is -2.13. The minimum absolute atomic E-state index is 0.101. The van der Waals surface area contributed by atoms with Gasteiger partial charge in [-0.3, -0.25) is 9.59 Å². The SMILES string of the molecule is CCCCCC(CCCC)CCSOC(=O)C(C)CCCC(=S)CCCC(C)C(=O)OSCCC(CCCC)CCCCC. The van der Waals surface area contributed by atoms with Crippen LogP contribution in [-0.2, 0) is 18.0 Å². The number of hydrogen-bond acceptors (Lipinski definition) is 7. The Morgan fingerprint density at radius 2 is 0.886 bits per heavy atom. The van der Waals surface area contributed by atoms with Gasteiger partial charge >= 0.3 is 11.9 Å². The van der Waals surface area contributed by atoms with Crippen LogP contribution in [-0.4, -0.2) is 28.3 Å². The predicted molar refractivity (Wildman–Crippen MR) is 199 cm³/mol. The highest BCUT2D eigenvalue weighted by molar-refractivity contribution is 7.95. The zero-order valence-electron chi connectivity index (χ0n) is 29.6. The first-order valence-corrected chi connectivity index (χ1v) is 20.7. The number of hydrogen-bond donors (Lipinski definition) is 0. The number of rotatable bonds is 32. The zero-order chi connectivity index (χ0) is 32.8. The van der Waals surface area contributed by atoms with Gasteiger partial charge in [0.05, 0.1) is 35.9 Å². The molecule has 4 atom stereocenters. The lowest BCUT2D eigenvalue weighted by atomic mass is 9.93. The Balaban J connectivity index is 4.03. The van der Waals surface area contributed by atoms with Crippen molar-refractivity contribution in [2.24, 2.45) is 23.7 Å². The molecule has 0 fully saturated rings. The highest BCUT2D eigenvalue weighted by Crippen LogP contribution is 2.25. The molecule has 0 aromatic heterocycles. The Kier molecular flexibility index (Phi) is 31.1. The molecule has 0 saturated carbocycles. The molecule has 0 aromatic rings. The largest absolute Gasteiger partial charge is 0.391 e. The molecule has 0 radical (unpaired) electrons. The van der Waals surface area contributed by atoms with E-state index in [1.165, 1.54) is 114 Å². The van der Waals surface area contributed by atoms with Crippen molar-refractivity contribution in [1.82, 2.24) is 0 Å². The molecule has 0 aromatic carbocycles. The summed E-state index contributed by atoms with van der Waals surface area (Å²) in [7, 11) is 0. The van der Waals surface area contributed by atoms with Gasteiger partial charge in [-0.1, -0.05) is 144 Å². The van der Waals surface area contributed by atoms with Crippen LogP contribution in [0.25, 0.3) is 0 Å². The van der Waals surface area contributed by atoms with E-state index in [1.54, 1.807) is 0 Å². The van der Waals surface area contributed by atoms with E-state index in [4.69, 9.17) is 20.6 Å². The van der Waals surface area contributed by atoms with Crippen LogP contribution in [0.3, 0.4) is 0 Å². The third kappa shape index (κ3) is 25.9. The van der Waals surface area contributed by atoms with Crippen molar-refractivity contribution in [3.63, 3.8) is 0 Å². The van der Waals surface area contributed by atoms with E-state index in [9.17, 15) is 9.59 Å². The highest BCUT2D eigenvalue weighted by atomic mass is 32.2. The minimum Gasteiger partial charge on any atom is -0.391 e. The van der Waals surface area contributed by atoms with Crippen LogP contribution >= 0.6 is 36.3 Å². The molecule has 4 nitrogen and oxygen atoms in total. The fourth-order valence-electron chi connectivity index (χ4n) is 5.58. The molecule has 0 bridgehead atoms. The summed E-state index contributed by atoms with van der Waals surface area (Å²) in [6.07, 6.45) is 25.5. The minimum atomic E-state index is -0.102. The normalized spacial score (nSPS) is 14.1. The second kappa shape index (κ2) is 31.3. The third-order valence-electron chi connectivity index (χ3n) is 8.85. The first kappa shape index (κ1) is 43.7. The van der Waals surface area contributed by atoms with E-state index in [1.807, 2.05) is 13.8 Å². The Morgan fingerprint density at radius 1 is 0.523 bits per heavy atom. The van der Waals surface area contributed by atoms with Gasteiger partial charge in [0, 0.05) is 11.5 Å². The first-order chi connectivity index (χ1) is 21.3. The van der Waals surface area contributed by atoms with Gasteiger partial charge in [-0.25, -0.2) is 0 Å². The van der Waals surface area contributed by atoms with Crippen molar-refractivity contribution < 1.29 is 18.0 Å². The lowest BCUT2D eigenvalue weighted by Gasteiger charge is -2.16. The maximum Gasteiger partial charge on any atom is 0.320 e. The maximum absolute atomic E-state index is 12.5. The van der Waals surface area contributed by atoms with Crippen LogP contribution in [0.4, 0.5) is 0 Å². The maximum atomic E-state index is 12.5. The molecule has 0 aliphatic rings. The van der Waals surface area contributed by atoms with Gasteiger partial charge in [0.2, 0.25) is 0 Å². The Hall–Kier alpha value is -0.270. The smallest absolute Gasteiger partial charge is 0.320 e. The summed E-state index contributed by atoms with van der Waals surface area (Å²) in [6, 6.07) is 0. The topological polar surface area (TPSA) is 52.6 Å². The van der Waals surface area contributed by atoms with Crippen molar-refractivity contribution in [1.29, 1.82) is 0 Å². The monoisotopic (exact) mass is 674 g/mol. The number of carbonyl (C=O) groups is 2. The summed E-state index contributed by atoms with van der Waals surface area (Å²) < 4.78 is 11.1. The molecule has 0 rings (SSSR count).